The summed E-state index contributed by atoms with van der Waals surface area (Å²) in [5, 5.41) is 6.12. The number of hydrogen-bond acceptors (Lipinski definition) is 4. The SMILES string of the molecule is Cl.Cl.O=C(Nc1ccc(-n2ccnc2)nc1)C1CCCCN1. The minimum atomic E-state index is -0.0860. The van der Waals surface area contributed by atoms with Gasteiger partial charge in [0, 0.05) is 12.4 Å². The van der Waals surface area contributed by atoms with Gasteiger partial charge in [-0.15, -0.1) is 24.8 Å². The highest BCUT2D eigenvalue weighted by molar-refractivity contribution is 5.94. The lowest BCUT2D eigenvalue weighted by Crippen LogP contribution is -2.43. The fraction of sp³-hybridized carbons (Fsp3) is 0.357. The van der Waals surface area contributed by atoms with E-state index >= 15 is 0 Å². The lowest BCUT2D eigenvalue weighted by Gasteiger charge is -2.22. The first-order chi connectivity index (χ1) is 9.83. The molecule has 1 fully saturated rings. The van der Waals surface area contributed by atoms with Gasteiger partial charge in [0.15, 0.2) is 0 Å². The van der Waals surface area contributed by atoms with Crippen LogP contribution in [0.15, 0.2) is 37.1 Å². The fourth-order valence-corrected chi connectivity index (χ4v) is 2.31. The average Bonchev–Trinajstić information content (AvgIpc) is 3.03. The highest BCUT2D eigenvalue weighted by Gasteiger charge is 2.20. The van der Waals surface area contributed by atoms with Gasteiger partial charge in [-0.1, -0.05) is 6.42 Å². The monoisotopic (exact) mass is 343 g/mol. The molecule has 0 radical (unpaired) electrons. The maximum Gasteiger partial charge on any atom is 0.241 e. The number of carbonyl (C=O) groups is 1. The van der Waals surface area contributed by atoms with E-state index in [0.29, 0.717) is 5.69 Å². The Bertz CT molecular complexity index is 567. The molecule has 1 atom stereocenters. The third kappa shape index (κ3) is 4.43. The normalized spacial score (nSPS) is 17.0. The maximum absolute atomic E-state index is 12.1. The quantitative estimate of drug-likeness (QED) is 0.895. The van der Waals surface area contributed by atoms with Crippen molar-refractivity contribution in [1.82, 2.24) is 19.9 Å². The lowest BCUT2D eigenvalue weighted by atomic mass is 10.0. The molecule has 1 aliphatic heterocycles. The number of rotatable bonds is 3. The molecule has 120 valence electrons. The number of nitrogens with one attached hydrogen (secondary N) is 2. The van der Waals surface area contributed by atoms with Gasteiger partial charge in [-0.3, -0.25) is 9.36 Å². The first kappa shape index (κ1) is 18.4. The summed E-state index contributed by atoms with van der Waals surface area (Å²) in [5.74, 6) is 0.790. The van der Waals surface area contributed by atoms with E-state index in [2.05, 4.69) is 20.6 Å². The Morgan fingerprint density at radius 1 is 1.32 bits per heavy atom. The molecule has 1 unspecified atom stereocenters. The Morgan fingerprint density at radius 2 is 2.18 bits per heavy atom. The molecule has 2 aromatic rings. The molecule has 2 aromatic heterocycles. The first-order valence-electron chi connectivity index (χ1n) is 6.81. The van der Waals surface area contributed by atoms with Gasteiger partial charge in [-0.05, 0) is 31.5 Å². The Morgan fingerprint density at radius 3 is 2.77 bits per heavy atom. The number of nitrogens with zero attached hydrogens (tertiary/aromatic N) is 3. The predicted octanol–water partition coefficient (Wildman–Crippen LogP) is 2.19. The van der Waals surface area contributed by atoms with Crippen LogP contribution in [-0.4, -0.2) is 33.0 Å². The molecular weight excluding hydrogens is 325 g/mol. The van der Waals surface area contributed by atoms with Crippen molar-refractivity contribution in [1.29, 1.82) is 0 Å². The summed E-state index contributed by atoms with van der Waals surface area (Å²) in [6, 6.07) is 3.62. The Labute approximate surface area is 141 Å². The zero-order valence-corrected chi connectivity index (χ0v) is 13.6. The van der Waals surface area contributed by atoms with Gasteiger partial charge in [0.2, 0.25) is 5.91 Å². The maximum atomic E-state index is 12.1. The fourth-order valence-electron chi connectivity index (χ4n) is 2.31. The summed E-state index contributed by atoms with van der Waals surface area (Å²) in [7, 11) is 0. The van der Waals surface area contributed by atoms with Crippen molar-refractivity contribution in [3.05, 3.63) is 37.1 Å². The highest BCUT2D eigenvalue weighted by atomic mass is 35.5. The predicted molar refractivity (Wildman–Crippen MR) is 90.1 cm³/mol. The molecule has 3 rings (SSSR count). The molecule has 0 spiro atoms. The summed E-state index contributed by atoms with van der Waals surface area (Å²) < 4.78 is 1.81. The summed E-state index contributed by atoms with van der Waals surface area (Å²) in [5.41, 5.74) is 0.714. The van der Waals surface area contributed by atoms with E-state index in [4.69, 9.17) is 0 Å². The molecule has 0 bridgehead atoms. The molecule has 1 saturated heterocycles. The Hall–Kier alpha value is -1.63. The number of anilines is 1. The minimum Gasteiger partial charge on any atom is -0.323 e. The van der Waals surface area contributed by atoms with Crippen LogP contribution in [0.25, 0.3) is 5.82 Å². The van der Waals surface area contributed by atoms with Crippen LogP contribution in [0.4, 0.5) is 5.69 Å². The van der Waals surface area contributed by atoms with Gasteiger partial charge in [0.25, 0.3) is 0 Å². The average molecular weight is 344 g/mol. The second-order valence-electron chi connectivity index (χ2n) is 4.87. The topological polar surface area (TPSA) is 71.8 Å². The van der Waals surface area contributed by atoms with E-state index in [1.165, 1.54) is 0 Å². The number of aromatic nitrogens is 3. The van der Waals surface area contributed by atoms with Crippen molar-refractivity contribution in [2.24, 2.45) is 0 Å². The number of piperidine rings is 1. The van der Waals surface area contributed by atoms with E-state index in [0.717, 1.165) is 31.6 Å². The second-order valence-corrected chi connectivity index (χ2v) is 4.87. The lowest BCUT2D eigenvalue weighted by molar-refractivity contribution is -0.118. The number of hydrogen-bond donors (Lipinski definition) is 2. The van der Waals surface area contributed by atoms with E-state index in [1.54, 1.807) is 18.7 Å². The van der Waals surface area contributed by atoms with Crippen LogP contribution in [0.3, 0.4) is 0 Å². The smallest absolute Gasteiger partial charge is 0.241 e. The van der Waals surface area contributed by atoms with Crippen molar-refractivity contribution in [3.63, 3.8) is 0 Å². The molecule has 22 heavy (non-hydrogen) atoms. The molecule has 8 heteroatoms. The van der Waals surface area contributed by atoms with E-state index in [9.17, 15) is 4.79 Å². The van der Waals surface area contributed by atoms with Gasteiger partial charge in [0.05, 0.1) is 17.9 Å². The Balaban J connectivity index is 0.00000121. The molecule has 0 saturated carbocycles. The van der Waals surface area contributed by atoms with Crippen LogP contribution in [0.5, 0.6) is 0 Å². The third-order valence-corrected chi connectivity index (χ3v) is 3.41. The molecule has 2 N–H and O–H groups in total. The number of carbonyl (C=O) groups excluding carboxylic acids is 1. The number of amides is 1. The number of imidazole rings is 1. The van der Waals surface area contributed by atoms with Crippen LogP contribution in [-0.2, 0) is 4.79 Å². The van der Waals surface area contributed by atoms with Crippen molar-refractivity contribution in [3.8, 4) is 5.82 Å². The van der Waals surface area contributed by atoms with Crippen LogP contribution in [0.1, 0.15) is 19.3 Å². The van der Waals surface area contributed by atoms with Gasteiger partial charge < -0.3 is 10.6 Å². The van der Waals surface area contributed by atoms with Crippen LogP contribution < -0.4 is 10.6 Å². The highest BCUT2D eigenvalue weighted by Crippen LogP contribution is 2.12. The largest absolute Gasteiger partial charge is 0.323 e. The van der Waals surface area contributed by atoms with Crippen LogP contribution >= 0.6 is 24.8 Å². The van der Waals surface area contributed by atoms with E-state index in [-0.39, 0.29) is 36.8 Å². The third-order valence-electron chi connectivity index (χ3n) is 3.41. The number of pyridine rings is 1. The summed E-state index contributed by atoms with van der Waals surface area (Å²) in [6.07, 6.45) is 10.0. The molecule has 1 aliphatic rings. The van der Waals surface area contributed by atoms with Gasteiger partial charge in [-0.25, -0.2) is 9.97 Å². The van der Waals surface area contributed by atoms with E-state index < -0.39 is 0 Å². The molecule has 6 nitrogen and oxygen atoms in total. The number of halogens is 2. The Kier molecular flexibility index (Phi) is 7.31. The molecule has 0 aliphatic carbocycles. The van der Waals surface area contributed by atoms with Crippen molar-refractivity contribution in [2.45, 2.75) is 25.3 Å². The van der Waals surface area contributed by atoms with E-state index in [1.807, 2.05) is 22.9 Å². The van der Waals surface area contributed by atoms with Crippen molar-refractivity contribution in [2.75, 3.05) is 11.9 Å². The zero-order valence-electron chi connectivity index (χ0n) is 11.9. The van der Waals surface area contributed by atoms with Gasteiger partial charge in [-0.2, -0.15) is 0 Å². The zero-order chi connectivity index (χ0) is 13.8. The minimum absolute atomic E-state index is 0. The first-order valence-corrected chi connectivity index (χ1v) is 6.81. The molecule has 3 heterocycles. The second kappa shape index (κ2) is 8.73. The van der Waals surface area contributed by atoms with Crippen LogP contribution in [0.2, 0.25) is 0 Å². The summed E-state index contributed by atoms with van der Waals surface area (Å²) >= 11 is 0. The van der Waals surface area contributed by atoms with Crippen molar-refractivity contribution < 1.29 is 4.79 Å². The summed E-state index contributed by atoms with van der Waals surface area (Å²) in [4.78, 5) is 20.3. The molecular formula is C14H19Cl2N5O. The van der Waals surface area contributed by atoms with Gasteiger partial charge in [0.1, 0.15) is 12.1 Å². The van der Waals surface area contributed by atoms with Crippen molar-refractivity contribution >= 4 is 36.4 Å². The molecule has 0 aromatic carbocycles. The molecule has 1 amide bonds. The standard InChI is InChI=1S/C14H17N5O.2ClH/c20-14(12-3-1-2-6-16-12)18-11-4-5-13(17-9-11)19-8-7-15-10-19;;/h4-5,7-10,12,16H,1-3,6H2,(H,18,20);2*1H. The summed E-state index contributed by atoms with van der Waals surface area (Å²) in [6.45, 7) is 0.913. The van der Waals surface area contributed by atoms with Crippen LogP contribution in [0, 0.1) is 0 Å². The van der Waals surface area contributed by atoms with Gasteiger partial charge >= 0.3 is 0 Å².